The quantitative estimate of drug-likeness (QED) is 0.581. The van der Waals surface area contributed by atoms with Gasteiger partial charge in [-0.05, 0) is 44.4 Å². The lowest BCUT2D eigenvalue weighted by atomic mass is 10.2. The van der Waals surface area contributed by atoms with E-state index < -0.39 is 17.5 Å². The summed E-state index contributed by atoms with van der Waals surface area (Å²) in [5, 5.41) is 0.416. The predicted molar refractivity (Wildman–Crippen MR) is 109 cm³/mol. The number of benzene rings is 2. The van der Waals surface area contributed by atoms with Gasteiger partial charge in [0, 0.05) is 18.7 Å². The lowest BCUT2D eigenvalue weighted by molar-refractivity contribution is 0.0984. The minimum absolute atomic E-state index is 0.0424. The number of methoxy groups -OCH3 is 2. The minimum atomic E-state index is -1.07. The van der Waals surface area contributed by atoms with Gasteiger partial charge in [0.15, 0.2) is 16.8 Å². The molecule has 0 saturated carbocycles. The molecule has 6 nitrogen and oxygen atoms in total. The Morgan fingerprint density at radius 2 is 1.72 bits per heavy atom. The molecule has 9 heteroatoms. The lowest BCUT2D eigenvalue weighted by Crippen LogP contribution is -2.36. The molecule has 0 aliphatic rings. The Hall–Kier alpha value is -2.78. The van der Waals surface area contributed by atoms with Crippen LogP contribution in [-0.4, -0.2) is 57.2 Å². The molecule has 0 bridgehead atoms. The van der Waals surface area contributed by atoms with Gasteiger partial charge >= 0.3 is 0 Å². The molecular weight excluding hydrogens is 400 g/mol. The average Bonchev–Trinajstić information content (AvgIpc) is 3.14. The molecule has 0 spiro atoms. The van der Waals surface area contributed by atoms with Gasteiger partial charge in [0.2, 0.25) is 0 Å². The van der Waals surface area contributed by atoms with Crippen LogP contribution in [0.1, 0.15) is 10.4 Å². The summed E-state index contributed by atoms with van der Waals surface area (Å²) < 4.78 is 38.5. The van der Waals surface area contributed by atoms with Gasteiger partial charge in [-0.15, -0.1) is 0 Å². The molecular formula is C20H21F2N3O3S. The zero-order chi connectivity index (χ0) is 21.1. The molecule has 0 aliphatic heterocycles. The summed E-state index contributed by atoms with van der Waals surface area (Å²) in [7, 11) is 6.85. The van der Waals surface area contributed by atoms with Crippen molar-refractivity contribution in [3.63, 3.8) is 0 Å². The van der Waals surface area contributed by atoms with E-state index in [9.17, 15) is 13.6 Å². The van der Waals surface area contributed by atoms with Crippen LogP contribution in [0.4, 0.5) is 13.9 Å². The summed E-state index contributed by atoms with van der Waals surface area (Å²) in [6.07, 6.45) is 0. The molecule has 0 radical (unpaired) electrons. The van der Waals surface area contributed by atoms with Gasteiger partial charge in [0.25, 0.3) is 5.91 Å². The molecule has 29 heavy (non-hydrogen) atoms. The van der Waals surface area contributed by atoms with Crippen LogP contribution in [0.15, 0.2) is 30.3 Å². The summed E-state index contributed by atoms with van der Waals surface area (Å²) in [5.74, 6) is -1.39. The Labute approximate surface area is 171 Å². The van der Waals surface area contributed by atoms with E-state index in [0.29, 0.717) is 35.2 Å². The second-order valence-corrected chi connectivity index (χ2v) is 7.51. The fraction of sp³-hybridized carbons (Fsp3) is 0.300. The van der Waals surface area contributed by atoms with Crippen LogP contribution >= 0.6 is 11.3 Å². The van der Waals surface area contributed by atoms with Crippen molar-refractivity contribution < 1.29 is 23.0 Å². The van der Waals surface area contributed by atoms with Gasteiger partial charge in [-0.2, -0.15) is 0 Å². The first-order valence-electron chi connectivity index (χ1n) is 8.79. The number of aromatic nitrogens is 1. The van der Waals surface area contributed by atoms with Crippen molar-refractivity contribution >= 4 is 32.6 Å². The standard InChI is InChI=1S/C20H21F2N3O3S/c1-24(2)9-10-25(19(26)12-5-6-13(21)14(22)11-12)20-23-17-15(27-3)7-8-16(28-4)18(17)29-20/h5-8,11H,9-10H2,1-4H3. The van der Waals surface area contributed by atoms with E-state index in [-0.39, 0.29) is 5.56 Å². The number of amides is 1. The smallest absolute Gasteiger partial charge is 0.260 e. The van der Waals surface area contributed by atoms with Crippen molar-refractivity contribution in [2.45, 2.75) is 0 Å². The van der Waals surface area contributed by atoms with Crippen LogP contribution in [0.25, 0.3) is 10.2 Å². The predicted octanol–water partition coefficient (Wildman–Crippen LogP) is 3.80. The third kappa shape index (κ3) is 4.30. The van der Waals surface area contributed by atoms with Crippen molar-refractivity contribution in [1.82, 2.24) is 9.88 Å². The number of carbonyl (C=O) groups is 1. The van der Waals surface area contributed by atoms with Gasteiger partial charge < -0.3 is 14.4 Å². The summed E-state index contributed by atoms with van der Waals surface area (Å²) in [6.45, 7) is 0.870. The minimum Gasteiger partial charge on any atom is -0.495 e. The number of thiazole rings is 1. The van der Waals surface area contributed by atoms with Crippen molar-refractivity contribution in [1.29, 1.82) is 0 Å². The number of rotatable bonds is 7. The maximum Gasteiger partial charge on any atom is 0.260 e. The van der Waals surface area contributed by atoms with Crippen molar-refractivity contribution in [2.24, 2.45) is 0 Å². The first-order valence-corrected chi connectivity index (χ1v) is 9.60. The second-order valence-electron chi connectivity index (χ2n) is 6.53. The molecule has 3 aromatic rings. The Balaban J connectivity index is 2.08. The summed E-state index contributed by atoms with van der Waals surface area (Å²) >= 11 is 1.27. The topological polar surface area (TPSA) is 54.9 Å². The monoisotopic (exact) mass is 421 g/mol. The van der Waals surface area contributed by atoms with E-state index in [0.717, 1.165) is 16.8 Å². The first-order chi connectivity index (χ1) is 13.8. The highest BCUT2D eigenvalue weighted by atomic mass is 32.1. The lowest BCUT2D eigenvalue weighted by Gasteiger charge is -2.22. The van der Waals surface area contributed by atoms with Gasteiger partial charge in [-0.1, -0.05) is 11.3 Å². The van der Waals surface area contributed by atoms with Crippen LogP contribution < -0.4 is 14.4 Å². The van der Waals surface area contributed by atoms with E-state index in [1.54, 1.807) is 19.2 Å². The van der Waals surface area contributed by atoms with Gasteiger partial charge in [-0.3, -0.25) is 9.69 Å². The van der Waals surface area contributed by atoms with Crippen LogP contribution in [0.2, 0.25) is 0 Å². The number of anilines is 1. The van der Waals surface area contributed by atoms with Gasteiger partial charge in [0.05, 0.1) is 14.2 Å². The van der Waals surface area contributed by atoms with Crippen molar-refractivity contribution in [3.05, 3.63) is 47.5 Å². The van der Waals surface area contributed by atoms with Crippen molar-refractivity contribution in [2.75, 3.05) is 46.3 Å². The molecule has 0 saturated heterocycles. The zero-order valence-electron chi connectivity index (χ0n) is 16.5. The number of likely N-dealkylation sites (N-methyl/N-ethyl adjacent to an activating group) is 1. The Morgan fingerprint density at radius 3 is 2.34 bits per heavy atom. The maximum atomic E-state index is 13.7. The van der Waals surface area contributed by atoms with Crippen LogP contribution in [0, 0.1) is 11.6 Å². The molecule has 0 N–H and O–H groups in total. The number of halogens is 2. The largest absolute Gasteiger partial charge is 0.495 e. The Morgan fingerprint density at radius 1 is 1.03 bits per heavy atom. The highest BCUT2D eigenvalue weighted by Crippen LogP contribution is 2.40. The number of hydrogen-bond acceptors (Lipinski definition) is 6. The number of fused-ring (bicyclic) bond motifs is 1. The third-order valence-corrected chi connectivity index (χ3v) is 5.41. The molecule has 1 aromatic heterocycles. The number of hydrogen-bond donors (Lipinski definition) is 0. The molecule has 0 aliphatic carbocycles. The van der Waals surface area contributed by atoms with E-state index in [4.69, 9.17) is 9.47 Å². The van der Waals surface area contributed by atoms with E-state index in [1.807, 2.05) is 19.0 Å². The van der Waals surface area contributed by atoms with E-state index in [1.165, 1.54) is 29.4 Å². The van der Waals surface area contributed by atoms with E-state index >= 15 is 0 Å². The summed E-state index contributed by atoms with van der Waals surface area (Å²) in [6, 6.07) is 6.61. The highest BCUT2D eigenvalue weighted by Gasteiger charge is 2.24. The van der Waals surface area contributed by atoms with E-state index in [2.05, 4.69) is 4.98 Å². The Bertz CT molecular complexity index is 998. The van der Waals surface area contributed by atoms with Gasteiger partial charge in [0.1, 0.15) is 21.7 Å². The van der Waals surface area contributed by atoms with Crippen LogP contribution in [-0.2, 0) is 0 Å². The molecule has 1 heterocycles. The average molecular weight is 421 g/mol. The van der Waals surface area contributed by atoms with Crippen molar-refractivity contribution in [3.8, 4) is 11.5 Å². The molecule has 0 atom stereocenters. The third-order valence-electron chi connectivity index (χ3n) is 4.31. The number of ether oxygens (including phenoxy) is 2. The molecule has 154 valence electrons. The maximum absolute atomic E-state index is 13.7. The second kappa shape index (κ2) is 8.71. The molecule has 3 rings (SSSR count). The zero-order valence-corrected chi connectivity index (χ0v) is 17.3. The summed E-state index contributed by atoms with van der Waals surface area (Å²) in [4.78, 5) is 21.1. The summed E-state index contributed by atoms with van der Waals surface area (Å²) in [5.41, 5.74) is 0.612. The molecule has 0 fully saturated rings. The normalized spacial score (nSPS) is 11.1. The molecule has 0 unspecified atom stereocenters. The molecule has 2 aromatic carbocycles. The fourth-order valence-electron chi connectivity index (χ4n) is 2.76. The first kappa shape index (κ1) is 20.9. The van der Waals surface area contributed by atoms with Crippen LogP contribution in [0.5, 0.6) is 11.5 Å². The fourth-order valence-corrected chi connectivity index (χ4v) is 3.86. The van der Waals surface area contributed by atoms with Gasteiger partial charge in [-0.25, -0.2) is 13.8 Å². The number of carbonyl (C=O) groups excluding carboxylic acids is 1. The highest BCUT2D eigenvalue weighted by molar-refractivity contribution is 7.22. The molecule has 1 amide bonds. The van der Waals surface area contributed by atoms with Crippen LogP contribution in [0.3, 0.4) is 0 Å². The SMILES string of the molecule is COc1ccc(OC)c2sc(N(CCN(C)C)C(=O)c3ccc(F)c(F)c3)nc12. The number of nitrogens with zero attached hydrogens (tertiary/aromatic N) is 3. The Kier molecular flexibility index (Phi) is 6.29.